The number of ether oxygens (including phenoxy) is 3. The lowest BCUT2D eigenvalue weighted by Gasteiger charge is -2.13. The quantitative estimate of drug-likeness (QED) is 0.435. The zero-order valence-corrected chi connectivity index (χ0v) is 12.5. The van der Waals surface area contributed by atoms with Crippen molar-refractivity contribution in [2.24, 2.45) is 5.92 Å². The SMILES string of the molecule is O=CCOCCOCCOCC(Cc1ccccc1)C(=O)O. The maximum atomic E-state index is 11.2. The zero-order valence-electron chi connectivity index (χ0n) is 12.5. The standard InChI is InChI=1S/C16H22O6/c17-6-7-20-8-9-21-10-11-22-13-15(16(18)19)12-14-4-2-1-3-5-14/h1-6,15H,7-13H2,(H,18,19). The summed E-state index contributed by atoms with van der Waals surface area (Å²) in [5, 5.41) is 9.20. The van der Waals surface area contributed by atoms with Gasteiger partial charge in [0.2, 0.25) is 0 Å². The van der Waals surface area contributed by atoms with Gasteiger partial charge in [-0.25, -0.2) is 0 Å². The average Bonchev–Trinajstić information content (AvgIpc) is 2.53. The molecule has 0 heterocycles. The molecule has 0 aliphatic carbocycles. The molecule has 1 N–H and O–H groups in total. The van der Waals surface area contributed by atoms with Crippen molar-refractivity contribution in [3.8, 4) is 0 Å². The van der Waals surface area contributed by atoms with Crippen LogP contribution < -0.4 is 0 Å². The minimum atomic E-state index is -0.868. The number of benzene rings is 1. The lowest BCUT2D eigenvalue weighted by Crippen LogP contribution is -2.23. The highest BCUT2D eigenvalue weighted by molar-refractivity contribution is 5.70. The Hall–Kier alpha value is -1.76. The fourth-order valence-electron chi connectivity index (χ4n) is 1.81. The van der Waals surface area contributed by atoms with Crippen molar-refractivity contribution >= 4 is 12.3 Å². The Bertz CT molecular complexity index is 420. The number of carbonyl (C=O) groups is 2. The molecule has 6 nitrogen and oxygen atoms in total. The van der Waals surface area contributed by atoms with Gasteiger partial charge in [-0.2, -0.15) is 0 Å². The van der Waals surface area contributed by atoms with Crippen molar-refractivity contribution in [1.29, 1.82) is 0 Å². The molecule has 0 saturated heterocycles. The molecule has 1 atom stereocenters. The Balaban J connectivity index is 2.12. The van der Waals surface area contributed by atoms with Crippen LogP contribution in [0.1, 0.15) is 5.56 Å². The van der Waals surface area contributed by atoms with Crippen LogP contribution in [0.5, 0.6) is 0 Å². The highest BCUT2D eigenvalue weighted by Crippen LogP contribution is 2.09. The zero-order chi connectivity index (χ0) is 16.0. The third-order valence-corrected chi connectivity index (χ3v) is 2.92. The lowest BCUT2D eigenvalue weighted by molar-refractivity contribution is -0.144. The third kappa shape index (κ3) is 8.51. The van der Waals surface area contributed by atoms with E-state index in [2.05, 4.69) is 0 Å². The molecular formula is C16H22O6. The molecule has 1 aromatic rings. The maximum absolute atomic E-state index is 11.2. The summed E-state index contributed by atoms with van der Waals surface area (Å²) >= 11 is 0. The minimum Gasteiger partial charge on any atom is -0.481 e. The summed E-state index contributed by atoms with van der Waals surface area (Å²) in [6, 6.07) is 9.47. The van der Waals surface area contributed by atoms with Gasteiger partial charge in [0, 0.05) is 0 Å². The topological polar surface area (TPSA) is 82.1 Å². The Kier molecular flexibility index (Phi) is 9.85. The van der Waals surface area contributed by atoms with E-state index in [0.29, 0.717) is 39.1 Å². The first-order valence-electron chi connectivity index (χ1n) is 7.17. The first kappa shape index (κ1) is 18.3. The fourth-order valence-corrected chi connectivity index (χ4v) is 1.81. The first-order chi connectivity index (χ1) is 10.7. The van der Waals surface area contributed by atoms with Crippen molar-refractivity contribution in [3.63, 3.8) is 0 Å². The van der Waals surface area contributed by atoms with E-state index in [9.17, 15) is 14.7 Å². The second-order valence-corrected chi connectivity index (χ2v) is 4.65. The Morgan fingerprint density at radius 1 is 1.05 bits per heavy atom. The van der Waals surface area contributed by atoms with E-state index < -0.39 is 11.9 Å². The predicted molar refractivity (Wildman–Crippen MR) is 79.8 cm³/mol. The number of aldehydes is 1. The van der Waals surface area contributed by atoms with Crippen LogP contribution in [0.2, 0.25) is 0 Å². The number of carboxylic acid groups (broad SMARTS) is 1. The monoisotopic (exact) mass is 310 g/mol. The molecule has 0 bridgehead atoms. The van der Waals surface area contributed by atoms with Crippen LogP contribution in [0.15, 0.2) is 30.3 Å². The largest absolute Gasteiger partial charge is 0.481 e. The molecule has 0 fully saturated rings. The Morgan fingerprint density at radius 2 is 1.68 bits per heavy atom. The van der Waals surface area contributed by atoms with E-state index >= 15 is 0 Å². The molecule has 0 radical (unpaired) electrons. The molecule has 122 valence electrons. The van der Waals surface area contributed by atoms with Gasteiger partial charge in [-0.1, -0.05) is 30.3 Å². The number of rotatable bonds is 13. The Morgan fingerprint density at radius 3 is 2.32 bits per heavy atom. The van der Waals surface area contributed by atoms with E-state index in [1.54, 1.807) is 0 Å². The molecule has 0 amide bonds. The number of carbonyl (C=O) groups excluding carboxylic acids is 1. The van der Waals surface area contributed by atoms with Crippen LogP contribution in [0.4, 0.5) is 0 Å². The number of hydrogen-bond donors (Lipinski definition) is 1. The van der Waals surface area contributed by atoms with Gasteiger partial charge in [0.15, 0.2) is 0 Å². The second kappa shape index (κ2) is 11.9. The first-order valence-corrected chi connectivity index (χ1v) is 7.17. The number of hydrogen-bond acceptors (Lipinski definition) is 5. The normalized spacial score (nSPS) is 12.0. The van der Waals surface area contributed by atoms with Gasteiger partial charge in [-0.15, -0.1) is 0 Å². The molecule has 6 heteroatoms. The van der Waals surface area contributed by atoms with Crippen LogP contribution in [0.25, 0.3) is 0 Å². The fraction of sp³-hybridized carbons (Fsp3) is 0.500. The Labute approximate surface area is 130 Å². The van der Waals surface area contributed by atoms with Gasteiger partial charge in [0.05, 0.1) is 39.0 Å². The van der Waals surface area contributed by atoms with Gasteiger partial charge >= 0.3 is 5.97 Å². The minimum absolute atomic E-state index is 0.0691. The van der Waals surface area contributed by atoms with Gasteiger partial charge in [0.25, 0.3) is 0 Å². The molecule has 0 saturated carbocycles. The van der Waals surface area contributed by atoms with Gasteiger partial charge in [-0.3, -0.25) is 4.79 Å². The van der Waals surface area contributed by atoms with E-state index in [4.69, 9.17) is 14.2 Å². The van der Waals surface area contributed by atoms with Crippen LogP contribution in [-0.2, 0) is 30.2 Å². The van der Waals surface area contributed by atoms with Crippen LogP contribution in [0.3, 0.4) is 0 Å². The molecule has 22 heavy (non-hydrogen) atoms. The maximum Gasteiger partial charge on any atom is 0.309 e. The van der Waals surface area contributed by atoms with Crippen LogP contribution >= 0.6 is 0 Å². The summed E-state index contributed by atoms with van der Waals surface area (Å²) < 4.78 is 15.5. The summed E-state index contributed by atoms with van der Waals surface area (Å²) in [5.41, 5.74) is 0.974. The predicted octanol–water partition coefficient (Wildman–Crippen LogP) is 1.18. The summed E-state index contributed by atoms with van der Waals surface area (Å²) in [6.07, 6.45) is 1.12. The van der Waals surface area contributed by atoms with Gasteiger partial charge < -0.3 is 24.1 Å². The summed E-state index contributed by atoms with van der Waals surface area (Å²) in [6.45, 7) is 1.64. The second-order valence-electron chi connectivity index (χ2n) is 4.65. The lowest BCUT2D eigenvalue weighted by atomic mass is 10.0. The van der Waals surface area contributed by atoms with Gasteiger partial charge in [-0.05, 0) is 12.0 Å². The summed E-state index contributed by atoms with van der Waals surface area (Å²) in [5.74, 6) is -1.44. The molecule has 0 aliphatic rings. The molecule has 1 unspecified atom stereocenters. The van der Waals surface area contributed by atoms with E-state index in [-0.39, 0.29) is 13.2 Å². The molecule has 0 aromatic heterocycles. The molecule has 0 aliphatic heterocycles. The van der Waals surface area contributed by atoms with Crippen LogP contribution in [0, 0.1) is 5.92 Å². The number of carboxylic acids is 1. The van der Waals surface area contributed by atoms with Crippen molar-refractivity contribution < 1.29 is 28.9 Å². The molecule has 0 spiro atoms. The van der Waals surface area contributed by atoms with Crippen molar-refractivity contribution in [2.75, 3.05) is 39.6 Å². The van der Waals surface area contributed by atoms with Crippen molar-refractivity contribution in [3.05, 3.63) is 35.9 Å². The molecule has 1 rings (SSSR count). The highest BCUT2D eigenvalue weighted by Gasteiger charge is 2.18. The van der Waals surface area contributed by atoms with E-state index in [1.807, 2.05) is 30.3 Å². The smallest absolute Gasteiger partial charge is 0.309 e. The third-order valence-electron chi connectivity index (χ3n) is 2.92. The average molecular weight is 310 g/mol. The van der Waals surface area contributed by atoms with E-state index in [1.165, 1.54) is 0 Å². The molecular weight excluding hydrogens is 288 g/mol. The van der Waals surface area contributed by atoms with Crippen molar-refractivity contribution in [1.82, 2.24) is 0 Å². The highest BCUT2D eigenvalue weighted by atomic mass is 16.5. The summed E-state index contributed by atoms with van der Waals surface area (Å²) in [4.78, 5) is 21.2. The molecule has 1 aromatic carbocycles. The van der Waals surface area contributed by atoms with Crippen LogP contribution in [-0.4, -0.2) is 57.0 Å². The van der Waals surface area contributed by atoms with Gasteiger partial charge in [0.1, 0.15) is 12.9 Å². The summed E-state index contributed by atoms with van der Waals surface area (Å²) in [7, 11) is 0. The van der Waals surface area contributed by atoms with E-state index in [0.717, 1.165) is 5.56 Å². The number of aliphatic carboxylic acids is 1. The van der Waals surface area contributed by atoms with Crippen molar-refractivity contribution in [2.45, 2.75) is 6.42 Å².